The summed E-state index contributed by atoms with van der Waals surface area (Å²) in [5.74, 6) is -0.145. The molecule has 0 unspecified atom stereocenters. The zero-order chi connectivity index (χ0) is 21.0. The second kappa shape index (κ2) is 10.4. The summed E-state index contributed by atoms with van der Waals surface area (Å²) in [6.45, 7) is 3.28. The summed E-state index contributed by atoms with van der Waals surface area (Å²) < 4.78 is 27.8. The molecule has 0 fully saturated rings. The predicted molar refractivity (Wildman–Crippen MR) is 106 cm³/mol. The molecule has 12 heteroatoms. The van der Waals surface area contributed by atoms with Gasteiger partial charge in [-0.25, -0.2) is 8.42 Å². The maximum absolute atomic E-state index is 11.8. The Morgan fingerprint density at radius 3 is 2.47 bits per heavy atom. The van der Waals surface area contributed by atoms with Crippen molar-refractivity contribution < 1.29 is 57.7 Å². The molecule has 3 aromatic carbocycles. The first kappa shape index (κ1) is 24.3. The molecule has 0 saturated carbocycles. The Morgan fingerprint density at radius 1 is 1.13 bits per heavy atom. The number of hydrogen-bond acceptors (Lipinski definition) is 10. The van der Waals surface area contributed by atoms with E-state index in [-0.39, 0.29) is 51.6 Å². The molecule has 30 heavy (non-hydrogen) atoms. The minimum atomic E-state index is -3.54. The van der Waals surface area contributed by atoms with Crippen LogP contribution in [0.1, 0.15) is 0 Å². The molecule has 150 valence electrons. The van der Waals surface area contributed by atoms with Crippen LogP contribution in [0.5, 0.6) is 5.75 Å². The van der Waals surface area contributed by atoms with Crippen molar-refractivity contribution in [3.63, 3.8) is 0 Å². The molecule has 0 saturated heterocycles. The van der Waals surface area contributed by atoms with Gasteiger partial charge in [0.1, 0.15) is 11.4 Å². The Kier molecular flexibility index (Phi) is 8.41. The number of anilines is 1. The number of phenols is 1. The Labute approximate surface area is 198 Å². The normalized spacial score (nSPS) is 11.5. The van der Waals surface area contributed by atoms with Crippen LogP contribution in [-0.4, -0.2) is 13.5 Å². The van der Waals surface area contributed by atoms with Crippen LogP contribution in [0.4, 0.5) is 17.1 Å². The van der Waals surface area contributed by atoms with Crippen molar-refractivity contribution in [1.29, 1.82) is 0 Å². The topological polar surface area (TPSA) is 147 Å². The zero-order valence-corrected chi connectivity index (χ0v) is 19.3. The molecule has 0 spiro atoms. The van der Waals surface area contributed by atoms with Gasteiger partial charge < -0.3 is 16.1 Å². The van der Waals surface area contributed by atoms with Gasteiger partial charge in [-0.05, 0) is 47.9 Å². The van der Waals surface area contributed by atoms with Crippen LogP contribution >= 0.6 is 12.0 Å². The molecule has 0 amide bonds. The molecule has 0 aliphatic heterocycles. The van der Waals surface area contributed by atoms with Gasteiger partial charge in [0, 0.05) is 10.3 Å². The van der Waals surface area contributed by atoms with E-state index in [0.717, 1.165) is 5.41 Å². The number of benzene rings is 3. The molecule has 0 radical (unpaired) electrons. The van der Waals surface area contributed by atoms with Gasteiger partial charge in [-0.2, -0.15) is 9.45 Å². The number of nitrogen functional groups attached to an aromatic ring is 1. The third-order valence-corrected chi connectivity index (χ3v) is 5.80. The summed E-state index contributed by atoms with van der Waals surface area (Å²) in [7, 11) is -3.54. The van der Waals surface area contributed by atoms with Gasteiger partial charge in [-0.1, -0.05) is 12.6 Å². The Balaban J connectivity index is 0.00000320. The third-order valence-electron chi connectivity index (χ3n) is 3.88. The van der Waals surface area contributed by atoms with Gasteiger partial charge in [0.25, 0.3) is 0 Å². The number of sulfone groups is 1. The van der Waals surface area contributed by atoms with Crippen LogP contribution in [0.3, 0.4) is 0 Å². The van der Waals surface area contributed by atoms with Crippen molar-refractivity contribution in [2.24, 2.45) is 10.2 Å². The van der Waals surface area contributed by atoms with E-state index < -0.39 is 9.84 Å². The van der Waals surface area contributed by atoms with E-state index in [4.69, 9.17) is 5.73 Å². The van der Waals surface area contributed by atoms with Crippen molar-refractivity contribution >= 4 is 49.7 Å². The van der Waals surface area contributed by atoms with Gasteiger partial charge in [0.05, 0.1) is 33.7 Å². The van der Waals surface area contributed by atoms with Crippen LogP contribution in [0.2, 0.25) is 0 Å². The first-order chi connectivity index (χ1) is 13.9. The number of azo groups is 1. The molecule has 3 rings (SSSR count). The fraction of sp³-hybridized carbons (Fsp3) is 0. The van der Waals surface area contributed by atoms with E-state index in [1.807, 2.05) is 0 Å². The third kappa shape index (κ3) is 5.39. The Morgan fingerprint density at radius 2 is 1.83 bits per heavy atom. The monoisotopic (exact) mass is 455 g/mol. The van der Waals surface area contributed by atoms with E-state index in [9.17, 15) is 18.8 Å². The molecule has 0 aliphatic carbocycles. The van der Waals surface area contributed by atoms with E-state index in [1.54, 1.807) is 18.2 Å². The number of rotatable bonds is 7. The second-order valence-electron chi connectivity index (χ2n) is 5.67. The van der Waals surface area contributed by atoms with Crippen molar-refractivity contribution in [1.82, 2.24) is 0 Å². The van der Waals surface area contributed by atoms with Crippen molar-refractivity contribution in [2.45, 2.75) is 9.79 Å². The Hall–Kier alpha value is -1.96. The SMILES string of the molecule is C=CS(=O)(=O)c1ccc(N=Nc2c(N)ccc3cc(SOO[O-])cc(O)c23)cc1.[Na+]. The summed E-state index contributed by atoms with van der Waals surface area (Å²) in [6.07, 6.45) is 0. The molecule has 3 aromatic rings. The molecule has 9 nitrogen and oxygen atoms in total. The molecular formula is C18H14N3NaO6S2. The number of hydrogen-bond donors (Lipinski definition) is 2. The first-order valence-corrected chi connectivity index (χ1v) is 10.2. The van der Waals surface area contributed by atoms with Gasteiger partial charge in [-0.15, -0.1) is 5.11 Å². The van der Waals surface area contributed by atoms with Crippen LogP contribution in [0, 0.1) is 0 Å². The minimum Gasteiger partial charge on any atom is -0.691 e. The van der Waals surface area contributed by atoms with Crippen LogP contribution in [0.25, 0.3) is 10.8 Å². The van der Waals surface area contributed by atoms with Gasteiger partial charge in [-0.3, -0.25) is 5.04 Å². The largest absolute Gasteiger partial charge is 1.00 e. The number of phenolic OH excluding ortho intramolecular Hbond substituents is 1. The smallest absolute Gasteiger partial charge is 0.691 e. The fourth-order valence-electron chi connectivity index (χ4n) is 2.53. The van der Waals surface area contributed by atoms with E-state index in [0.29, 0.717) is 33.4 Å². The van der Waals surface area contributed by atoms with E-state index >= 15 is 0 Å². The minimum absolute atomic E-state index is 0. The van der Waals surface area contributed by atoms with Crippen molar-refractivity contribution in [3.05, 3.63) is 60.5 Å². The van der Waals surface area contributed by atoms with Crippen molar-refractivity contribution in [2.75, 3.05) is 5.73 Å². The van der Waals surface area contributed by atoms with E-state index in [2.05, 4.69) is 26.2 Å². The fourth-order valence-corrected chi connectivity index (χ4v) is 3.68. The number of nitrogens with two attached hydrogens (primary N) is 1. The van der Waals surface area contributed by atoms with Crippen molar-refractivity contribution in [3.8, 4) is 5.75 Å². The molecule has 3 N–H and O–H groups in total. The van der Waals surface area contributed by atoms with Gasteiger partial charge in [0.15, 0.2) is 9.84 Å². The Bertz CT molecular complexity index is 1200. The first-order valence-electron chi connectivity index (χ1n) is 7.93. The maximum Gasteiger partial charge on any atom is 1.00 e. The predicted octanol–water partition coefficient (Wildman–Crippen LogP) is 0.695. The van der Waals surface area contributed by atoms with Crippen LogP contribution in [-0.2, 0) is 19.2 Å². The van der Waals surface area contributed by atoms with Crippen LogP contribution in [0.15, 0.2) is 80.5 Å². The summed E-state index contributed by atoms with van der Waals surface area (Å²) in [5.41, 5.74) is 6.89. The summed E-state index contributed by atoms with van der Waals surface area (Å²) in [4.78, 5) is 0.514. The molecule has 0 aromatic heterocycles. The molecular weight excluding hydrogens is 441 g/mol. The number of nitrogens with zero attached hydrogens (tertiary/aromatic N) is 2. The molecule has 0 bridgehead atoms. The standard InChI is InChI=1S/C18H15N3O6S2.Na/c1-2-29(24,25)14-6-4-12(5-7-14)20-21-18-15(19)8-3-11-9-13(28-27-26-23)10-16(22)17(11)18;/h2-10,22-23H,1,19H2;/q;+1/p-1. The average Bonchev–Trinajstić information content (AvgIpc) is 2.72. The molecule has 0 aliphatic rings. The van der Waals surface area contributed by atoms with Gasteiger partial charge >= 0.3 is 29.6 Å². The summed E-state index contributed by atoms with van der Waals surface area (Å²) in [5, 5.41) is 33.7. The number of aromatic hydroxyl groups is 1. The van der Waals surface area contributed by atoms with Crippen LogP contribution < -0.4 is 40.5 Å². The van der Waals surface area contributed by atoms with E-state index in [1.165, 1.54) is 30.3 Å². The molecule has 0 heterocycles. The second-order valence-corrected chi connectivity index (χ2v) is 8.34. The zero-order valence-electron chi connectivity index (χ0n) is 15.7. The summed E-state index contributed by atoms with van der Waals surface area (Å²) >= 11 is 0.639. The van der Waals surface area contributed by atoms with Gasteiger partial charge in [0.2, 0.25) is 0 Å². The summed E-state index contributed by atoms with van der Waals surface area (Å²) in [6, 6.07) is 12.0. The number of fused-ring (bicyclic) bond motifs is 1. The average molecular weight is 455 g/mol. The molecule has 0 atom stereocenters. The maximum atomic E-state index is 11.8. The quantitative estimate of drug-likeness (QED) is 0.132.